The highest BCUT2D eigenvalue weighted by Crippen LogP contribution is 2.12. The number of hydrogen-bond acceptors (Lipinski definition) is 3. The molecule has 3 heteroatoms. The lowest BCUT2D eigenvalue weighted by Gasteiger charge is -2.19. The van der Waals surface area contributed by atoms with E-state index in [1.165, 1.54) is 18.5 Å². The lowest BCUT2D eigenvalue weighted by atomic mass is 10.2. The third-order valence-electron chi connectivity index (χ3n) is 3.32. The fraction of sp³-hybridized carbons (Fsp3) is 0.647. The van der Waals surface area contributed by atoms with Crippen LogP contribution in [0.3, 0.4) is 0 Å². The van der Waals surface area contributed by atoms with Gasteiger partial charge in [-0.2, -0.15) is 0 Å². The van der Waals surface area contributed by atoms with Gasteiger partial charge < -0.3 is 15.0 Å². The molecule has 0 aromatic heterocycles. The zero-order valence-corrected chi connectivity index (χ0v) is 13.3. The molecule has 0 aliphatic carbocycles. The number of ether oxygens (including phenoxy) is 1. The van der Waals surface area contributed by atoms with Gasteiger partial charge in [-0.05, 0) is 43.6 Å². The van der Waals surface area contributed by atoms with Crippen molar-refractivity contribution in [3.63, 3.8) is 0 Å². The van der Waals surface area contributed by atoms with E-state index < -0.39 is 0 Å². The summed E-state index contributed by atoms with van der Waals surface area (Å²) in [6.07, 6.45) is 2.28. The molecule has 1 rings (SSSR count). The smallest absolute Gasteiger partial charge is 0.119 e. The minimum Gasteiger partial charge on any atom is -0.494 e. The minimum absolute atomic E-state index is 0.794. The van der Waals surface area contributed by atoms with Gasteiger partial charge in [-0.3, -0.25) is 0 Å². The van der Waals surface area contributed by atoms with Crippen molar-refractivity contribution in [3.05, 3.63) is 29.8 Å². The van der Waals surface area contributed by atoms with Crippen LogP contribution in [0.25, 0.3) is 0 Å². The molecule has 0 heterocycles. The van der Waals surface area contributed by atoms with Crippen LogP contribution in [0.5, 0.6) is 5.75 Å². The maximum atomic E-state index is 5.58. The van der Waals surface area contributed by atoms with E-state index in [1.807, 2.05) is 0 Å². The molecule has 3 nitrogen and oxygen atoms in total. The van der Waals surface area contributed by atoms with Gasteiger partial charge in [0.2, 0.25) is 0 Å². The molecular weight excluding hydrogens is 248 g/mol. The third kappa shape index (κ3) is 6.92. The van der Waals surface area contributed by atoms with Crippen LogP contribution in [-0.4, -0.2) is 37.7 Å². The fourth-order valence-corrected chi connectivity index (χ4v) is 2.14. The highest BCUT2D eigenvalue weighted by Gasteiger charge is 2.00. The minimum atomic E-state index is 0.794. The molecule has 0 aliphatic heterocycles. The van der Waals surface area contributed by atoms with Crippen molar-refractivity contribution in [2.75, 3.05) is 32.8 Å². The maximum absolute atomic E-state index is 5.58. The molecule has 0 unspecified atom stereocenters. The molecule has 1 N–H and O–H groups in total. The van der Waals surface area contributed by atoms with E-state index in [0.717, 1.165) is 45.0 Å². The van der Waals surface area contributed by atoms with Crippen LogP contribution < -0.4 is 10.1 Å². The van der Waals surface area contributed by atoms with Crippen LogP contribution in [0.2, 0.25) is 0 Å². The van der Waals surface area contributed by atoms with Crippen LogP contribution in [0.1, 0.15) is 39.2 Å². The summed E-state index contributed by atoms with van der Waals surface area (Å²) >= 11 is 0. The van der Waals surface area contributed by atoms with Crippen LogP contribution in [0.15, 0.2) is 24.3 Å². The Labute approximate surface area is 124 Å². The summed E-state index contributed by atoms with van der Waals surface area (Å²) in [6, 6.07) is 8.40. The molecule has 0 saturated carbocycles. The summed E-state index contributed by atoms with van der Waals surface area (Å²) in [5.41, 5.74) is 1.31. The summed E-state index contributed by atoms with van der Waals surface area (Å²) in [7, 11) is 0. The lowest BCUT2D eigenvalue weighted by molar-refractivity contribution is 0.287. The van der Waals surface area contributed by atoms with Crippen LogP contribution in [0.4, 0.5) is 0 Å². The Morgan fingerprint density at radius 1 is 1.00 bits per heavy atom. The van der Waals surface area contributed by atoms with Crippen molar-refractivity contribution in [1.29, 1.82) is 0 Å². The average Bonchev–Trinajstić information content (AvgIpc) is 2.49. The Morgan fingerprint density at radius 2 is 1.75 bits per heavy atom. The van der Waals surface area contributed by atoms with Gasteiger partial charge in [-0.25, -0.2) is 0 Å². The molecule has 0 aliphatic rings. The molecule has 114 valence electrons. The van der Waals surface area contributed by atoms with Crippen molar-refractivity contribution < 1.29 is 4.74 Å². The first-order valence-corrected chi connectivity index (χ1v) is 7.94. The maximum Gasteiger partial charge on any atom is 0.119 e. The van der Waals surface area contributed by atoms with Crippen molar-refractivity contribution in [1.82, 2.24) is 10.2 Å². The molecule has 1 aromatic carbocycles. The van der Waals surface area contributed by atoms with Crippen molar-refractivity contribution in [2.24, 2.45) is 0 Å². The second-order valence-corrected chi connectivity index (χ2v) is 5.10. The van der Waals surface area contributed by atoms with Gasteiger partial charge in [-0.1, -0.05) is 32.9 Å². The fourth-order valence-electron chi connectivity index (χ4n) is 2.14. The topological polar surface area (TPSA) is 24.5 Å². The SMILES string of the molecule is CCCOc1ccc(CNCCN(CC)CCC)cc1. The molecule has 0 saturated heterocycles. The normalized spacial score (nSPS) is 11.0. The summed E-state index contributed by atoms with van der Waals surface area (Å²) in [6.45, 7) is 12.8. The molecule has 0 spiro atoms. The Bertz CT molecular complexity index is 337. The molecule has 0 amide bonds. The summed E-state index contributed by atoms with van der Waals surface area (Å²) in [5.74, 6) is 0.968. The second kappa shape index (κ2) is 10.7. The first-order chi connectivity index (χ1) is 9.80. The highest BCUT2D eigenvalue weighted by molar-refractivity contribution is 5.27. The van der Waals surface area contributed by atoms with E-state index >= 15 is 0 Å². The van der Waals surface area contributed by atoms with Gasteiger partial charge in [0.1, 0.15) is 5.75 Å². The average molecular weight is 278 g/mol. The van der Waals surface area contributed by atoms with Gasteiger partial charge >= 0.3 is 0 Å². The summed E-state index contributed by atoms with van der Waals surface area (Å²) in [4.78, 5) is 2.48. The highest BCUT2D eigenvalue weighted by atomic mass is 16.5. The monoisotopic (exact) mass is 278 g/mol. The van der Waals surface area contributed by atoms with Gasteiger partial charge in [0.25, 0.3) is 0 Å². The Balaban J connectivity index is 2.21. The van der Waals surface area contributed by atoms with E-state index in [1.54, 1.807) is 0 Å². The number of nitrogens with zero attached hydrogens (tertiary/aromatic N) is 1. The first kappa shape index (κ1) is 17.0. The van der Waals surface area contributed by atoms with Gasteiger partial charge in [-0.15, -0.1) is 0 Å². The molecule has 0 radical (unpaired) electrons. The number of nitrogens with one attached hydrogen (secondary N) is 1. The molecule has 0 bridgehead atoms. The molecule has 0 atom stereocenters. The molecule has 20 heavy (non-hydrogen) atoms. The predicted molar refractivity (Wildman–Crippen MR) is 86.3 cm³/mol. The van der Waals surface area contributed by atoms with Crippen LogP contribution >= 0.6 is 0 Å². The zero-order chi connectivity index (χ0) is 14.6. The number of benzene rings is 1. The van der Waals surface area contributed by atoms with Gasteiger partial charge in [0.15, 0.2) is 0 Å². The van der Waals surface area contributed by atoms with Crippen molar-refractivity contribution >= 4 is 0 Å². The lowest BCUT2D eigenvalue weighted by Crippen LogP contribution is -2.32. The summed E-state index contributed by atoms with van der Waals surface area (Å²) < 4.78 is 5.58. The number of rotatable bonds is 11. The van der Waals surface area contributed by atoms with E-state index in [2.05, 4.69) is 55.3 Å². The quantitative estimate of drug-likeness (QED) is 0.629. The van der Waals surface area contributed by atoms with Gasteiger partial charge in [0, 0.05) is 19.6 Å². The largest absolute Gasteiger partial charge is 0.494 e. The van der Waals surface area contributed by atoms with Crippen LogP contribution in [-0.2, 0) is 6.54 Å². The van der Waals surface area contributed by atoms with E-state index in [-0.39, 0.29) is 0 Å². The Morgan fingerprint density at radius 3 is 2.35 bits per heavy atom. The standard InChI is InChI=1S/C17H30N2O/c1-4-12-19(6-3)13-11-18-15-16-7-9-17(10-8-16)20-14-5-2/h7-10,18H,4-6,11-15H2,1-3H3. The predicted octanol–water partition coefficient (Wildman–Crippen LogP) is 3.30. The number of hydrogen-bond donors (Lipinski definition) is 1. The Hall–Kier alpha value is -1.06. The van der Waals surface area contributed by atoms with Gasteiger partial charge in [0.05, 0.1) is 6.61 Å². The van der Waals surface area contributed by atoms with Crippen LogP contribution in [0, 0.1) is 0 Å². The Kier molecular flexibility index (Phi) is 9.09. The van der Waals surface area contributed by atoms with Crippen molar-refractivity contribution in [3.8, 4) is 5.75 Å². The van der Waals surface area contributed by atoms with Crippen molar-refractivity contribution in [2.45, 2.75) is 40.2 Å². The zero-order valence-electron chi connectivity index (χ0n) is 13.3. The number of likely N-dealkylation sites (N-methyl/N-ethyl adjacent to an activating group) is 1. The van der Waals surface area contributed by atoms with E-state index in [4.69, 9.17) is 4.74 Å². The van der Waals surface area contributed by atoms with E-state index in [0.29, 0.717) is 0 Å². The third-order valence-corrected chi connectivity index (χ3v) is 3.32. The molecule has 1 aromatic rings. The molecular formula is C17H30N2O. The molecule has 0 fully saturated rings. The first-order valence-electron chi connectivity index (χ1n) is 7.94. The van der Waals surface area contributed by atoms with E-state index in [9.17, 15) is 0 Å². The summed E-state index contributed by atoms with van der Waals surface area (Å²) in [5, 5.41) is 3.51. The second-order valence-electron chi connectivity index (χ2n) is 5.10.